The van der Waals surface area contributed by atoms with Gasteiger partial charge >= 0.3 is 5.69 Å². The number of hydrogen-bond acceptors (Lipinski definition) is 5. The number of nitrogens with one attached hydrogen (secondary N) is 1. The van der Waals surface area contributed by atoms with E-state index in [0.717, 1.165) is 10.5 Å². The van der Waals surface area contributed by atoms with Crippen LogP contribution in [0.5, 0.6) is 0 Å². The van der Waals surface area contributed by atoms with Crippen molar-refractivity contribution < 1.29 is 9.84 Å². The molecule has 6 nitrogen and oxygen atoms in total. The van der Waals surface area contributed by atoms with E-state index in [1.165, 1.54) is 16.3 Å². The lowest BCUT2D eigenvalue weighted by atomic mass is 10.2. The molecular formula is C21H20N2O4S. The Morgan fingerprint density at radius 1 is 1.00 bits per heavy atom. The molecule has 0 bridgehead atoms. The summed E-state index contributed by atoms with van der Waals surface area (Å²) in [5.41, 5.74) is 0.281. The number of aromatic amines is 1. The Labute approximate surface area is 166 Å². The smallest absolute Gasteiger partial charge is 0.331 e. The Kier molecular flexibility index (Phi) is 7.02. The number of benzene rings is 2. The third-order valence-corrected chi connectivity index (χ3v) is 4.98. The predicted octanol–water partition coefficient (Wildman–Crippen LogP) is 2.82. The van der Waals surface area contributed by atoms with Crippen LogP contribution in [0.2, 0.25) is 0 Å². The van der Waals surface area contributed by atoms with Gasteiger partial charge in [-0.15, -0.1) is 0 Å². The number of aliphatic hydroxyl groups excluding tert-OH is 1. The summed E-state index contributed by atoms with van der Waals surface area (Å²) in [6.45, 7) is -0.131. The maximum atomic E-state index is 12.5. The van der Waals surface area contributed by atoms with Gasteiger partial charge in [0, 0.05) is 4.90 Å². The summed E-state index contributed by atoms with van der Waals surface area (Å²) in [6.07, 6.45) is 3.52. The molecule has 0 atom stereocenters. The molecule has 0 aliphatic rings. The first kappa shape index (κ1) is 19.9. The monoisotopic (exact) mass is 396 g/mol. The molecule has 144 valence electrons. The lowest BCUT2D eigenvalue weighted by molar-refractivity contribution is 0.0412. The van der Waals surface area contributed by atoms with Crippen molar-refractivity contribution >= 4 is 23.9 Å². The second kappa shape index (κ2) is 9.89. The van der Waals surface area contributed by atoms with E-state index in [1.807, 2.05) is 66.7 Å². The minimum absolute atomic E-state index is 0.0719. The number of aromatic nitrogens is 2. The van der Waals surface area contributed by atoms with Crippen LogP contribution >= 0.6 is 11.8 Å². The average Bonchev–Trinajstić information content (AvgIpc) is 2.71. The van der Waals surface area contributed by atoms with Crippen LogP contribution in [0.25, 0.3) is 12.2 Å². The third kappa shape index (κ3) is 5.10. The molecule has 1 heterocycles. The molecule has 0 aliphatic carbocycles. The van der Waals surface area contributed by atoms with Gasteiger partial charge in [-0.05, 0) is 23.8 Å². The molecule has 7 heteroatoms. The van der Waals surface area contributed by atoms with Gasteiger partial charge in [0.1, 0.15) is 6.73 Å². The van der Waals surface area contributed by atoms with Crippen molar-refractivity contribution in [1.82, 2.24) is 9.55 Å². The maximum absolute atomic E-state index is 12.5. The SMILES string of the molecule is O=c1[nH]c(=O)n(COCCO)c(Sc2ccccc2)c1C=Cc1ccccc1. The zero-order valence-electron chi connectivity index (χ0n) is 15.1. The van der Waals surface area contributed by atoms with E-state index >= 15 is 0 Å². The van der Waals surface area contributed by atoms with Gasteiger partial charge in [-0.1, -0.05) is 66.4 Å². The van der Waals surface area contributed by atoms with Crippen LogP contribution in [-0.4, -0.2) is 27.9 Å². The molecule has 0 amide bonds. The van der Waals surface area contributed by atoms with Crippen molar-refractivity contribution in [2.24, 2.45) is 0 Å². The predicted molar refractivity (Wildman–Crippen MR) is 110 cm³/mol. The van der Waals surface area contributed by atoms with E-state index in [-0.39, 0.29) is 19.9 Å². The second-order valence-electron chi connectivity index (χ2n) is 5.83. The molecule has 3 aromatic rings. The van der Waals surface area contributed by atoms with Crippen LogP contribution in [-0.2, 0) is 11.5 Å². The largest absolute Gasteiger partial charge is 0.394 e. The van der Waals surface area contributed by atoms with Gasteiger partial charge in [0.05, 0.1) is 23.8 Å². The zero-order valence-corrected chi connectivity index (χ0v) is 15.9. The first-order chi connectivity index (χ1) is 13.7. The van der Waals surface area contributed by atoms with E-state index < -0.39 is 11.2 Å². The molecule has 28 heavy (non-hydrogen) atoms. The molecule has 2 N–H and O–H groups in total. The molecular weight excluding hydrogens is 376 g/mol. The van der Waals surface area contributed by atoms with Crippen molar-refractivity contribution in [2.75, 3.05) is 13.2 Å². The molecule has 0 spiro atoms. The minimum atomic E-state index is -0.557. The molecule has 0 saturated carbocycles. The highest BCUT2D eigenvalue weighted by molar-refractivity contribution is 7.99. The molecule has 1 aromatic heterocycles. The molecule has 0 saturated heterocycles. The Morgan fingerprint density at radius 3 is 2.36 bits per heavy atom. The number of H-pyrrole nitrogens is 1. The number of ether oxygens (including phenoxy) is 1. The first-order valence-corrected chi connectivity index (χ1v) is 9.52. The molecule has 0 fully saturated rings. The van der Waals surface area contributed by atoms with Crippen molar-refractivity contribution in [3.63, 3.8) is 0 Å². The number of aliphatic hydroxyl groups is 1. The van der Waals surface area contributed by atoms with Gasteiger partial charge in [-0.3, -0.25) is 14.3 Å². The summed E-state index contributed by atoms with van der Waals surface area (Å²) in [6, 6.07) is 19.1. The van der Waals surface area contributed by atoms with Crippen molar-refractivity contribution in [3.8, 4) is 0 Å². The van der Waals surface area contributed by atoms with Gasteiger partial charge in [0.2, 0.25) is 0 Å². The van der Waals surface area contributed by atoms with Gasteiger partial charge in [-0.25, -0.2) is 4.79 Å². The van der Waals surface area contributed by atoms with Gasteiger partial charge in [0.15, 0.2) is 0 Å². The van der Waals surface area contributed by atoms with Crippen molar-refractivity contribution in [1.29, 1.82) is 0 Å². The highest BCUT2D eigenvalue weighted by Gasteiger charge is 2.15. The van der Waals surface area contributed by atoms with E-state index in [4.69, 9.17) is 9.84 Å². The summed E-state index contributed by atoms with van der Waals surface area (Å²) in [4.78, 5) is 28.2. The van der Waals surface area contributed by atoms with E-state index in [1.54, 1.807) is 6.08 Å². The summed E-state index contributed by atoms with van der Waals surface area (Å²) in [5, 5.41) is 9.42. The number of rotatable bonds is 8. The van der Waals surface area contributed by atoms with Crippen LogP contribution in [0.1, 0.15) is 11.1 Å². The van der Waals surface area contributed by atoms with Gasteiger partial charge in [0.25, 0.3) is 5.56 Å². The Balaban J connectivity index is 2.07. The Bertz CT molecular complexity index is 1040. The normalized spacial score (nSPS) is 11.2. The van der Waals surface area contributed by atoms with Crippen LogP contribution in [0.3, 0.4) is 0 Å². The fourth-order valence-electron chi connectivity index (χ4n) is 2.51. The van der Waals surface area contributed by atoms with Crippen LogP contribution < -0.4 is 11.2 Å². The van der Waals surface area contributed by atoms with Gasteiger partial charge < -0.3 is 9.84 Å². The molecule has 0 radical (unpaired) electrons. The number of hydrogen-bond donors (Lipinski definition) is 2. The van der Waals surface area contributed by atoms with Crippen LogP contribution in [0.15, 0.2) is 80.2 Å². The van der Waals surface area contributed by atoms with Crippen LogP contribution in [0.4, 0.5) is 0 Å². The molecule has 2 aromatic carbocycles. The highest BCUT2D eigenvalue weighted by atomic mass is 32.2. The standard InChI is InChI=1S/C21H20N2O4S/c24-13-14-27-15-23-20(28-17-9-5-2-6-10-17)18(19(25)22-21(23)26)12-11-16-7-3-1-4-8-16/h1-12,24H,13-15H2,(H,22,25,26). The minimum Gasteiger partial charge on any atom is -0.394 e. The Hall–Kier alpha value is -2.87. The average molecular weight is 396 g/mol. The summed E-state index contributed by atoms with van der Waals surface area (Å²) < 4.78 is 6.70. The fourth-order valence-corrected chi connectivity index (χ4v) is 3.54. The lowest BCUT2D eigenvalue weighted by Gasteiger charge is -2.14. The molecule has 0 aliphatic heterocycles. The van der Waals surface area contributed by atoms with Gasteiger partial charge in [-0.2, -0.15) is 0 Å². The van der Waals surface area contributed by atoms with E-state index in [9.17, 15) is 9.59 Å². The summed E-state index contributed by atoms with van der Waals surface area (Å²) >= 11 is 1.31. The molecule has 3 rings (SSSR count). The molecule has 0 unspecified atom stereocenters. The number of nitrogens with zero attached hydrogens (tertiary/aromatic N) is 1. The van der Waals surface area contributed by atoms with Crippen molar-refractivity contribution in [2.45, 2.75) is 16.7 Å². The van der Waals surface area contributed by atoms with Crippen molar-refractivity contribution in [3.05, 3.63) is 92.6 Å². The zero-order chi connectivity index (χ0) is 19.8. The maximum Gasteiger partial charge on any atom is 0.331 e. The highest BCUT2D eigenvalue weighted by Crippen LogP contribution is 2.29. The summed E-state index contributed by atoms with van der Waals surface area (Å²) in [5.74, 6) is 0. The topological polar surface area (TPSA) is 84.3 Å². The van der Waals surface area contributed by atoms with E-state index in [2.05, 4.69) is 4.98 Å². The van der Waals surface area contributed by atoms with Crippen LogP contribution in [0, 0.1) is 0 Å². The quantitative estimate of drug-likeness (QED) is 0.452. The Morgan fingerprint density at radius 2 is 1.68 bits per heavy atom. The fraction of sp³-hybridized carbons (Fsp3) is 0.143. The summed E-state index contributed by atoms with van der Waals surface area (Å²) in [7, 11) is 0. The van der Waals surface area contributed by atoms with E-state index in [0.29, 0.717) is 10.6 Å². The lowest BCUT2D eigenvalue weighted by Crippen LogP contribution is -2.33. The third-order valence-electron chi connectivity index (χ3n) is 3.84. The second-order valence-corrected chi connectivity index (χ2v) is 6.89. The first-order valence-electron chi connectivity index (χ1n) is 8.71.